The van der Waals surface area contributed by atoms with Crippen molar-refractivity contribution in [2.24, 2.45) is 17.3 Å². The molecule has 0 N–H and O–H groups in total. The molecule has 2 aliphatic rings. The minimum Gasteiger partial charge on any atom is -0.493 e. The number of carbonyl (C=O) groups excluding carboxylic acids is 2. The van der Waals surface area contributed by atoms with Crippen LogP contribution in [-0.4, -0.2) is 18.7 Å². The molecule has 21 heavy (non-hydrogen) atoms. The summed E-state index contributed by atoms with van der Waals surface area (Å²) in [5, 5.41) is 0. The van der Waals surface area contributed by atoms with Crippen LogP contribution in [0, 0.1) is 24.2 Å². The molecule has 110 valence electrons. The van der Waals surface area contributed by atoms with E-state index in [0.717, 1.165) is 5.56 Å². The van der Waals surface area contributed by atoms with E-state index in [1.807, 2.05) is 13.8 Å². The van der Waals surface area contributed by atoms with Gasteiger partial charge in [0.1, 0.15) is 0 Å². The van der Waals surface area contributed by atoms with Gasteiger partial charge in [-0.05, 0) is 18.4 Å². The van der Waals surface area contributed by atoms with E-state index in [-0.39, 0.29) is 35.1 Å². The normalized spacial score (nSPS) is 34.9. The van der Waals surface area contributed by atoms with E-state index in [9.17, 15) is 9.59 Å². The Bertz CT molecular complexity index is 641. The number of benzene rings is 1. The molecule has 0 aliphatic heterocycles. The van der Waals surface area contributed by atoms with Crippen molar-refractivity contribution in [3.63, 3.8) is 0 Å². The molecule has 3 heteroatoms. The van der Waals surface area contributed by atoms with Crippen LogP contribution in [0.4, 0.5) is 0 Å². The van der Waals surface area contributed by atoms with Crippen LogP contribution < -0.4 is 0 Å². The van der Waals surface area contributed by atoms with Gasteiger partial charge in [-0.2, -0.15) is 0 Å². The van der Waals surface area contributed by atoms with Gasteiger partial charge >= 0.3 is 0 Å². The van der Waals surface area contributed by atoms with Crippen molar-refractivity contribution >= 4 is 11.6 Å². The number of hydrogen-bond acceptors (Lipinski definition) is 3. The number of ketones is 2. The number of Topliss-reactive ketones (excluding diaryl/α,β-unsaturated/α-hetero) is 1. The van der Waals surface area contributed by atoms with Gasteiger partial charge in [-0.1, -0.05) is 43.7 Å². The first-order chi connectivity index (χ1) is 9.91. The van der Waals surface area contributed by atoms with E-state index < -0.39 is 5.41 Å². The van der Waals surface area contributed by atoms with Gasteiger partial charge in [0.2, 0.25) is 5.78 Å². The maximum Gasteiger partial charge on any atom is 0.204 e. The SMILES string of the molecule is COC1=CC(=O)[C@@H]2[C@H](C)[C@@H](c3ccc(C)cc3)[C@]2(C)C1=O. The molecular weight excluding hydrogens is 264 g/mol. The lowest BCUT2D eigenvalue weighted by Crippen LogP contribution is -2.61. The highest BCUT2D eigenvalue weighted by atomic mass is 16.5. The lowest BCUT2D eigenvalue weighted by atomic mass is 9.42. The summed E-state index contributed by atoms with van der Waals surface area (Å²) in [5.74, 6) is 0.184. The number of ether oxygens (including phenoxy) is 1. The lowest BCUT2D eigenvalue weighted by molar-refractivity contribution is -0.159. The zero-order chi connectivity index (χ0) is 15.4. The molecule has 0 amide bonds. The fourth-order valence-corrected chi connectivity index (χ4v) is 4.32. The summed E-state index contributed by atoms with van der Waals surface area (Å²) < 4.78 is 5.12. The van der Waals surface area contributed by atoms with Gasteiger partial charge in [-0.3, -0.25) is 9.59 Å². The highest BCUT2D eigenvalue weighted by Crippen LogP contribution is 2.63. The number of rotatable bonds is 2. The van der Waals surface area contributed by atoms with Gasteiger partial charge in [0.15, 0.2) is 11.5 Å². The third-order valence-corrected chi connectivity index (χ3v) is 5.29. The number of fused-ring (bicyclic) bond motifs is 1. The molecule has 1 fully saturated rings. The first-order valence-corrected chi connectivity index (χ1v) is 7.32. The van der Waals surface area contributed by atoms with Gasteiger partial charge in [0, 0.05) is 17.9 Å². The number of carbonyl (C=O) groups is 2. The predicted molar refractivity (Wildman–Crippen MR) is 79.8 cm³/mol. The van der Waals surface area contributed by atoms with Crippen molar-refractivity contribution in [1.29, 1.82) is 0 Å². The molecule has 0 unspecified atom stereocenters. The largest absolute Gasteiger partial charge is 0.493 e. The summed E-state index contributed by atoms with van der Waals surface area (Å²) in [4.78, 5) is 25.0. The topological polar surface area (TPSA) is 43.4 Å². The second kappa shape index (κ2) is 4.55. The molecule has 3 nitrogen and oxygen atoms in total. The molecule has 1 aromatic rings. The van der Waals surface area contributed by atoms with Gasteiger partial charge < -0.3 is 4.74 Å². The third kappa shape index (κ3) is 1.73. The number of hydrogen-bond donors (Lipinski definition) is 0. The summed E-state index contributed by atoms with van der Waals surface area (Å²) >= 11 is 0. The zero-order valence-corrected chi connectivity index (χ0v) is 12.8. The summed E-state index contributed by atoms with van der Waals surface area (Å²) in [6, 6.07) is 8.25. The van der Waals surface area contributed by atoms with Crippen LogP contribution in [-0.2, 0) is 14.3 Å². The van der Waals surface area contributed by atoms with Crippen molar-refractivity contribution in [3.05, 3.63) is 47.2 Å². The second-order valence-corrected chi connectivity index (χ2v) is 6.45. The standard InChI is InChI=1S/C18H20O3/c1-10-5-7-12(8-6-10)15-11(2)16-13(19)9-14(21-4)17(20)18(15,16)3/h5-9,11,15-16H,1-4H3/t11-,15+,16+,18+/m1/s1. The molecular formula is C18H20O3. The van der Waals surface area contributed by atoms with Crippen molar-refractivity contribution in [3.8, 4) is 0 Å². The Hall–Kier alpha value is -1.90. The van der Waals surface area contributed by atoms with Gasteiger partial charge in [0.25, 0.3) is 0 Å². The summed E-state index contributed by atoms with van der Waals surface area (Å²) in [7, 11) is 1.45. The van der Waals surface area contributed by atoms with Crippen LogP contribution in [0.3, 0.4) is 0 Å². The Labute approximate surface area is 125 Å². The fraction of sp³-hybridized carbons (Fsp3) is 0.444. The minimum atomic E-state index is -0.675. The van der Waals surface area contributed by atoms with Crippen molar-refractivity contribution in [2.75, 3.05) is 7.11 Å². The van der Waals surface area contributed by atoms with Crippen LogP contribution in [0.25, 0.3) is 0 Å². The highest BCUT2D eigenvalue weighted by molar-refractivity contribution is 6.13. The molecule has 0 aromatic heterocycles. The smallest absolute Gasteiger partial charge is 0.204 e. The van der Waals surface area contributed by atoms with E-state index in [2.05, 4.69) is 31.2 Å². The van der Waals surface area contributed by atoms with Gasteiger partial charge in [-0.25, -0.2) is 0 Å². The Morgan fingerprint density at radius 3 is 2.29 bits per heavy atom. The van der Waals surface area contributed by atoms with E-state index in [4.69, 9.17) is 4.74 Å². The first kappa shape index (κ1) is 14.1. The molecule has 1 aromatic carbocycles. The summed E-state index contributed by atoms with van der Waals surface area (Å²) in [6.45, 7) is 6.02. The Morgan fingerprint density at radius 1 is 1.10 bits per heavy atom. The zero-order valence-electron chi connectivity index (χ0n) is 12.8. The summed E-state index contributed by atoms with van der Waals surface area (Å²) in [6.07, 6.45) is 1.37. The molecule has 1 saturated carbocycles. The Kier molecular flexibility index (Phi) is 3.05. The van der Waals surface area contributed by atoms with E-state index in [1.54, 1.807) is 0 Å². The quantitative estimate of drug-likeness (QED) is 0.838. The molecule has 4 atom stereocenters. The fourth-order valence-electron chi connectivity index (χ4n) is 4.32. The monoisotopic (exact) mass is 284 g/mol. The number of methoxy groups -OCH3 is 1. The summed E-state index contributed by atoms with van der Waals surface area (Å²) in [5.41, 5.74) is 1.65. The Morgan fingerprint density at radius 2 is 1.71 bits per heavy atom. The van der Waals surface area contributed by atoms with Crippen molar-refractivity contribution in [2.45, 2.75) is 26.7 Å². The Balaban J connectivity index is 2.06. The predicted octanol–water partition coefficient (Wildman–Crippen LogP) is 3.03. The molecule has 0 spiro atoms. The van der Waals surface area contributed by atoms with Crippen LogP contribution in [0.1, 0.15) is 30.9 Å². The van der Waals surface area contributed by atoms with Crippen molar-refractivity contribution in [1.82, 2.24) is 0 Å². The van der Waals surface area contributed by atoms with Gasteiger partial charge in [-0.15, -0.1) is 0 Å². The molecule has 0 radical (unpaired) electrons. The highest BCUT2D eigenvalue weighted by Gasteiger charge is 2.66. The molecule has 0 bridgehead atoms. The lowest BCUT2D eigenvalue weighted by Gasteiger charge is -2.58. The van der Waals surface area contributed by atoms with E-state index in [1.165, 1.54) is 18.7 Å². The van der Waals surface area contributed by atoms with Crippen LogP contribution in [0.2, 0.25) is 0 Å². The molecule has 0 saturated heterocycles. The minimum absolute atomic E-state index is 0.0183. The molecule has 2 aliphatic carbocycles. The maximum atomic E-state index is 12.7. The average Bonchev–Trinajstić information content (AvgIpc) is 2.45. The van der Waals surface area contributed by atoms with Crippen LogP contribution in [0.15, 0.2) is 36.1 Å². The first-order valence-electron chi connectivity index (χ1n) is 7.32. The maximum absolute atomic E-state index is 12.7. The average molecular weight is 284 g/mol. The number of aryl methyl sites for hydroxylation is 1. The number of allylic oxidation sites excluding steroid dienone is 2. The van der Waals surface area contributed by atoms with E-state index >= 15 is 0 Å². The van der Waals surface area contributed by atoms with Gasteiger partial charge in [0.05, 0.1) is 12.5 Å². The molecule has 0 heterocycles. The van der Waals surface area contributed by atoms with Crippen LogP contribution >= 0.6 is 0 Å². The van der Waals surface area contributed by atoms with E-state index in [0.29, 0.717) is 0 Å². The molecule has 3 rings (SSSR count). The van der Waals surface area contributed by atoms with Crippen LogP contribution in [0.5, 0.6) is 0 Å². The third-order valence-electron chi connectivity index (χ3n) is 5.29. The second-order valence-electron chi connectivity index (χ2n) is 6.45. The van der Waals surface area contributed by atoms with Crippen molar-refractivity contribution < 1.29 is 14.3 Å².